The summed E-state index contributed by atoms with van der Waals surface area (Å²) in [6, 6.07) is 14.1. The van der Waals surface area contributed by atoms with Gasteiger partial charge in [-0.2, -0.15) is 5.26 Å². The number of amides is 1. The van der Waals surface area contributed by atoms with Gasteiger partial charge in [-0.25, -0.2) is 0 Å². The smallest absolute Gasteiger partial charge is 0.261 e. The minimum absolute atomic E-state index is 0.0373. The quantitative estimate of drug-likeness (QED) is 0.373. The number of H-pyrrole nitrogens is 1. The molecule has 0 bridgehead atoms. The number of benzene rings is 2. The first-order valence-electron chi connectivity index (χ1n) is 11.2. The normalized spacial score (nSPS) is 17.5. The van der Waals surface area contributed by atoms with Gasteiger partial charge in [-0.15, -0.1) is 0 Å². The Kier molecular flexibility index (Phi) is 6.23. The fraction of sp³-hybridized carbons (Fsp3) is 0.333. The van der Waals surface area contributed by atoms with Crippen LogP contribution in [-0.2, 0) is 11.2 Å². The summed E-state index contributed by atoms with van der Waals surface area (Å²) in [6.45, 7) is 7.09. The molecule has 0 saturated carbocycles. The van der Waals surface area contributed by atoms with Gasteiger partial charge in [0.2, 0.25) is 0 Å². The number of halogens is 1. The van der Waals surface area contributed by atoms with Crippen LogP contribution in [0.1, 0.15) is 49.8 Å². The fourth-order valence-corrected chi connectivity index (χ4v) is 4.98. The van der Waals surface area contributed by atoms with Crippen molar-refractivity contribution in [2.75, 3.05) is 18.5 Å². The zero-order chi connectivity index (χ0) is 23.8. The molecule has 2 heterocycles. The first kappa shape index (κ1) is 22.9. The third-order valence-corrected chi connectivity index (χ3v) is 7.10. The summed E-state index contributed by atoms with van der Waals surface area (Å²) >= 11 is 6.58. The number of aromatic nitrogens is 1. The number of fused-ring (bicyclic) bond motifs is 2. The molecule has 0 radical (unpaired) electrons. The van der Waals surface area contributed by atoms with Crippen LogP contribution in [0.5, 0.6) is 0 Å². The van der Waals surface area contributed by atoms with Crippen molar-refractivity contribution in [1.82, 2.24) is 10.3 Å². The number of carbonyl (C=O) groups is 1. The molecule has 170 valence electrons. The van der Waals surface area contributed by atoms with Crippen LogP contribution in [0.25, 0.3) is 17.0 Å². The molecule has 2 N–H and O–H groups in total. The minimum atomic E-state index is -0.391. The number of anilines is 1. The molecule has 1 aliphatic rings. The highest BCUT2D eigenvalue weighted by Gasteiger charge is 2.34. The molecule has 3 aromatic rings. The number of aromatic amines is 1. The summed E-state index contributed by atoms with van der Waals surface area (Å²) in [5.74, 6) is -0.0384. The highest BCUT2D eigenvalue weighted by molar-refractivity contribution is 6.32. The monoisotopic (exact) mass is 460 g/mol. The van der Waals surface area contributed by atoms with Crippen molar-refractivity contribution in [3.8, 4) is 6.07 Å². The van der Waals surface area contributed by atoms with E-state index in [2.05, 4.69) is 49.1 Å². The number of nitrogens with one attached hydrogen (secondary N) is 2. The van der Waals surface area contributed by atoms with E-state index in [1.165, 1.54) is 5.56 Å². The van der Waals surface area contributed by atoms with Crippen LogP contribution >= 0.6 is 11.6 Å². The molecule has 5 nitrogen and oxygen atoms in total. The van der Waals surface area contributed by atoms with Gasteiger partial charge in [0.15, 0.2) is 0 Å². The van der Waals surface area contributed by atoms with E-state index >= 15 is 0 Å². The van der Waals surface area contributed by atoms with Crippen LogP contribution in [0.3, 0.4) is 0 Å². The van der Waals surface area contributed by atoms with E-state index < -0.39 is 5.91 Å². The standard InChI is InChI=1S/C27H29ClN4O/c1-17-14-27(2,3)32(4)25-13-23(28)19(12-22(17)25)11-20(15-29)26(33)30-10-9-18-16-31-24-8-6-5-7-21(18)24/h5-8,11-13,16-17,31H,9-10,14H2,1-4H3,(H,30,33)/b20-11-/t17-/m0/s1. The average molecular weight is 461 g/mol. The molecule has 4 rings (SSSR count). The maximum atomic E-state index is 12.7. The number of carbonyl (C=O) groups excluding carboxylic acids is 1. The Morgan fingerprint density at radius 3 is 2.88 bits per heavy atom. The highest BCUT2D eigenvalue weighted by atomic mass is 35.5. The van der Waals surface area contributed by atoms with Gasteiger partial charge in [-0.3, -0.25) is 4.79 Å². The summed E-state index contributed by atoms with van der Waals surface area (Å²) in [5.41, 5.74) is 5.27. The molecule has 0 aliphatic carbocycles. The van der Waals surface area contributed by atoms with Gasteiger partial charge in [-0.1, -0.05) is 36.7 Å². The van der Waals surface area contributed by atoms with Crippen LogP contribution in [0.2, 0.25) is 5.02 Å². The van der Waals surface area contributed by atoms with Gasteiger partial charge in [0.25, 0.3) is 5.91 Å². The lowest BCUT2D eigenvalue weighted by atomic mass is 9.80. The van der Waals surface area contributed by atoms with Gasteiger partial charge in [-0.05, 0) is 73.6 Å². The Balaban J connectivity index is 1.51. The highest BCUT2D eigenvalue weighted by Crippen LogP contribution is 2.44. The van der Waals surface area contributed by atoms with Crippen LogP contribution in [0, 0.1) is 11.3 Å². The lowest BCUT2D eigenvalue weighted by Gasteiger charge is -2.45. The van der Waals surface area contributed by atoms with Crippen LogP contribution in [0.15, 0.2) is 48.2 Å². The number of para-hydroxylation sites is 1. The Hall–Kier alpha value is -3.23. The molecule has 0 spiro atoms. The Bertz CT molecular complexity index is 1280. The Morgan fingerprint density at radius 1 is 1.36 bits per heavy atom. The Labute approximate surface area is 200 Å². The van der Waals surface area contributed by atoms with E-state index in [0.29, 0.717) is 29.5 Å². The molecule has 2 aromatic carbocycles. The zero-order valence-electron chi connectivity index (χ0n) is 19.5. The predicted molar refractivity (Wildman–Crippen MR) is 136 cm³/mol. The lowest BCUT2D eigenvalue weighted by molar-refractivity contribution is -0.117. The van der Waals surface area contributed by atoms with Crippen LogP contribution in [-0.4, -0.2) is 30.0 Å². The lowest BCUT2D eigenvalue weighted by Crippen LogP contribution is -2.45. The molecule has 1 aliphatic heterocycles. The zero-order valence-corrected chi connectivity index (χ0v) is 20.3. The second kappa shape index (κ2) is 8.96. The SMILES string of the molecule is C[C@H]1CC(C)(C)N(C)c2cc(Cl)c(/C=C(/C#N)C(=O)NCCc3c[nH]c4ccccc34)cc21. The first-order chi connectivity index (χ1) is 15.7. The molecule has 1 atom stereocenters. The number of hydrogen-bond acceptors (Lipinski definition) is 3. The van der Waals surface area contributed by atoms with E-state index in [4.69, 9.17) is 11.6 Å². The number of nitriles is 1. The van der Waals surface area contributed by atoms with Crippen molar-refractivity contribution >= 4 is 40.2 Å². The van der Waals surface area contributed by atoms with E-state index in [1.807, 2.05) is 42.6 Å². The van der Waals surface area contributed by atoms with Crippen molar-refractivity contribution in [3.05, 3.63) is 69.9 Å². The topological polar surface area (TPSA) is 71.9 Å². The van der Waals surface area contributed by atoms with E-state index in [9.17, 15) is 10.1 Å². The number of nitrogens with zero attached hydrogens (tertiary/aromatic N) is 2. The fourth-order valence-electron chi connectivity index (χ4n) is 4.76. The van der Waals surface area contributed by atoms with Crippen molar-refractivity contribution in [3.63, 3.8) is 0 Å². The van der Waals surface area contributed by atoms with Crippen LogP contribution in [0.4, 0.5) is 5.69 Å². The first-order valence-corrected chi connectivity index (χ1v) is 11.6. The molecule has 0 unspecified atom stereocenters. The van der Waals surface area contributed by atoms with Crippen molar-refractivity contribution in [2.24, 2.45) is 0 Å². The summed E-state index contributed by atoms with van der Waals surface area (Å²) in [5, 5.41) is 14.2. The second-order valence-electron chi connectivity index (χ2n) is 9.44. The van der Waals surface area contributed by atoms with E-state index in [1.54, 1.807) is 6.08 Å². The molecule has 1 aromatic heterocycles. The number of rotatable bonds is 5. The van der Waals surface area contributed by atoms with Gasteiger partial charge >= 0.3 is 0 Å². The van der Waals surface area contributed by atoms with Crippen LogP contribution < -0.4 is 10.2 Å². The molecule has 1 amide bonds. The molecule has 0 saturated heterocycles. The maximum Gasteiger partial charge on any atom is 0.261 e. The molecule has 33 heavy (non-hydrogen) atoms. The van der Waals surface area contributed by atoms with Gasteiger partial charge in [0.05, 0.1) is 0 Å². The third kappa shape index (κ3) is 4.49. The molecule has 0 fully saturated rings. The second-order valence-corrected chi connectivity index (χ2v) is 9.85. The van der Waals surface area contributed by atoms with Gasteiger partial charge in [0.1, 0.15) is 11.6 Å². The average Bonchev–Trinajstić information content (AvgIpc) is 3.19. The minimum Gasteiger partial charge on any atom is -0.369 e. The van der Waals surface area contributed by atoms with Crippen molar-refractivity contribution in [2.45, 2.75) is 45.1 Å². The Morgan fingerprint density at radius 2 is 2.12 bits per heavy atom. The summed E-state index contributed by atoms with van der Waals surface area (Å²) in [4.78, 5) is 18.2. The van der Waals surface area contributed by atoms with E-state index in [0.717, 1.165) is 28.6 Å². The molecular formula is C27H29ClN4O. The predicted octanol–water partition coefficient (Wildman–Crippen LogP) is 5.81. The van der Waals surface area contributed by atoms with Crippen molar-refractivity contribution in [1.29, 1.82) is 5.26 Å². The van der Waals surface area contributed by atoms with E-state index in [-0.39, 0.29) is 11.1 Å². The number of hydrogen-bond donors (Lipinski definition) is 2. The summed E-state index contributed by atoms with van der Waals surface area (Å²) in [7, 11) is 2.08. The van der Waals surface area contributed by atoms with Gasteiger partial charge < -0.3 is 15.2 Å². The third-order valence-electron chi connectivity index (χ3n) is 6.77. The molecular weight excluding hydrogens is 432 g/mol. The molecule has 6 heteroatoms. The summed E-state index contributed by atoms with van der Waals surface area (Å²) in [6.07, 6.45) is 5.24. The van der Waals surface area contributed by atoms with Gasteiger partial charge in [0, 0.05) is 46.9 Å². The maximum absolute atomic E-state index is 12.7. The largest absolute Gasteiger partial charge is 0.369 e. The van der Waals surface area contributed by atoms with Crippen molar-refractivity contribution < 1.29 is 4.79 Å². The summed E-state index contributed by atoms with van der Waals surface area (Å²) < 4.78 is 0.